The molecule has 21 heteroatoms. The summed E-state index contributed by atoms with van der Waals surface area (Å²) in [6.07, 6.45) is -1.41. The average Bonchev–Trinajstić information content (AvgIpc) is 2.84. The summed E-state index contributed by atoms with van der Waals surface area (Å²) in [5.74, 6) is 1.39. The van der Waals surface area contributed by atoms with Crippen LogP contribution in [0.15, 0.2) is 11.1 Å². The Morgan fingerprint density at radius 1 is 1.28 bits per heavy atom. The monoisotopic (exact) mass is 522 g/mol. The average molecular weight is 522 g/mol. The van der Waals surface area contributed by atoms with Crippen LogP contribution in [0.25, 0.3) is 0 Å². The second-order valence-electron chi connectivity index (χ2n) is 6.17. The van der Waals surface area contributed by atoms with Crippen molar-refractivity contribution in [1.29, 1.82) is 0 Å². The van der Waals surface area contributed by atoms with Gasteiger partial charge in [0, 0.05) is 0 Å². The molecule has 0 radical (unpaired) electrons. The summed E-state index contributed by atoms with van der Waals surface area (Å²) in [4.78, 5) is 54.7. The van der Waals surface area contributed by atoms with Gasteiger partial charge in [0.25, 0.3) is 0 Å². The smallest absolute Gasteiger partial charge is 0.386 e. The highest BCUT2D eigenvalue weighted by Crippen LogP contribution is 2.66. The first kappa shape index (κ1) is 26.7. The number of aliphatic hydroxyl groups is 2. The van der Waals surface area contributed by atoms with Gasteiger partial charge in [0.2, 0.25) is 5.95 Å². The largest absolute Gasteiger partial charge is 0.490 e. The molecule has 2 heterocycles. The molecule has 7 atom stereocenters. The molecule has 0 amide bonds. The molecule has 1 aliphatic rings. The van der Waals surface area contributed by atoms with Crippen molar-refractivity contribution < 1.29 is 61.4 Å². The number of anilines is 1. The standard InChI is InChI=1S/C11H17N4O14P3/c1-3-11(18)7(16)6(26-8(11)15-4-13-9(12)14-10(15)17)5(2)27-31(22,23)29-32(24,25)28-30(19,20)21/h1,4-8,16,18H,2H3,(H,22,23)(H,24,25)(H2,12,14,17)(H2,19,20,21)/t5-,6+,7-,8+,11?/m0/s1. The van der Waals surface area contributed by atoms with E-state index in [2.05, 4.69) is 23.1 Å². The molecule has 0 aromatic carbocycles. The number of phosphoric acid groups is 3. The van der Waals surface area contributed by atoms with E-state index in [9.17, 15) is 38.5 Å². The Hall–Kier alpha value is -1.54. The molecule has 18 nitrogen and oxygen atoms in total. The van der Waals surface area contributed by atoms with Crippen molar-refractivity contribution >= 4 is 29.4 Å². The lowest BCUT2D eigenvalue weighted by Crippen LogP contribution is -2.48. The van der Waals surface area contributed by atoms with Gasteiger partial charge in [0.1, 0.15) is 18.5 Å². The first-order valence-corrected chi connectivity index (χ1v) is 12.5. The van der Waals surface area contributed by atoms with Gasteiger partial charge in [-0.3, -0.25) is 9.09 Å². The van der Waals surface area contributed by atoms with Crippen molar-refractivity contribution in [2.75, 3.05) is 5.73 Å². The van der Waals surface area contributed by atoms with Crippen LogP contribution in [0.3, 0.4) is 0 Å². The molecule has 1 aromatic rings. The molecular weight excluding hydrogens is 505 g/mol. The SMILES string of the molecule is C#CC1(O)[C@@H](O)[C@@H]([C@H](C)OP(=O)(O)OP(=O)(O)OP(=O)(O)O)O[C@H]1n1cnc(N)nc1=O. The van der Waals surface area contributed by atoms with E-state index in [0.29, 0.717) is 4.57 Å². The fourth-order valence-corrected chi connectivity index (χ4v) is 5.81. The fraction of sp³-hybridized carbons (Fsp3) is 0.545. The maximum Gasteiger partial charge on any atom is 0.490 e. The Morgan fingerprint density at radius 2 is 1.88 bits per heavy atom. The van der Waals surface area contributed by atoms with E-state index in [1.54, 1.807) is 0 Å². The van der Waals surface area contributed by atoms with E-state index in [4.69, 9.17) is 26.7 Å². The number of hydrogen-bond acceptors (Lipinski definition) is 13. The fourth-order valence-electron chi connectivity index (χ4n) is 2.61. The minimum atomic E-state index is -5.80. The molecule has 1 fully saturated rings. The first-order valence-electron chi connectivity index (χ1n) is 7.97. The van der Waals surface area contributed by atoms with Crippen molar-refractivity contribution in [3.8, 4) is 12.3 Å². The highest BCUT2D eigenvalue weighted by molar-refractivity contribution is 7.66. The first-order chi connectivity index (χ1) is 14.4. The van der Waals surface area contributed by atoms with Crippen molar-refractivity contribution in [2.45, 2.75) is 37.1 Å². The van der Waals surface area contributed by atoms with Crippen LogP contribution in [-0.2, 0) is 31.6 Å². The maximum absolute atomic E-state index is 12.0. The Labute approximate surface area is 178 Å². The molecule has 8 N–H and O–H groups in total. The second kappa shape index (κ2) is 9.01. The highest BCUT2D eigenvalue weighted by atomic mass is 31.3. The molecule has 0 saturated carbocycles. The van der Waals surface area contributed by atoms with E-state index >= 15 is 0 Å². The third-order valence-electron chi connectivity index (χ3n) is 3.83. The van der Waals surface area contributed by atoms with Crippen LogP contribution in [0.4, 0.5) is 5.95 Å². The summed E-state index contributed by atoms with van der Waals surface area (Å²) in [5, 5.41) is 21.1. The molecule has 32 heavy (non-hydrogen) atoms. The van der Waals surface area contributed by atoms with Crippen molar-refractivity contribution in [3.63, 3.8) is 0 Å². The molecular formula is C11H17N4O14P3. The molecule has 3 unspecified atom stereocenters. The summed E-state index contributed by atoms with van der Waals surface area (Å²) in [6, 6.07) is 0. The van der Waals surface area contributed by atoms with Gasteiger partial charge in [-0.25, -0.2) is 23.5 Å². The van der Waals surface area contributed by atoms with Gasteiger partial charge >= 0.3 is 29.2 Å². The zero-order valence-corrected chi connectivity index (χ0v) is 18.4. The van der Waals surface area contributed by atoms with Crippen LogP contribution in [0.5, 0.6) is 0 Å². The van der Waals surface area contributed by atoms with Crippen molar-refractivity contribution in [1.82, 2.24) is 14.5 Å². The molecule has 1 aliphatic heterocycles. The van der Waals surface area contributed by atoms with Gasteiger partial charge in [0.15, 0.2) is 11.8 Å². The van der Waals surface area contributed by atoms with E-state index in [0.717, 1.165) is 13.3 Å². The number of terminal acetylenes is 1. The van der Waals surface area contributed by atoms with E-state index in [1.165, 1.54) is 0 Å². The number of phosphoric ester groups is 1. The van der Waals surface area contributed by atoms with Crippen LogP contribution < -0.4 is 11.4 Å². The van der Waals surface area contributed by atoms with Crippen LogP contribution in [0.2, 0.25) is 0 Å². The predicted molar refractivity (Wildman–Crippen MR) is 98.8 cm³/mol. The quantitative estimate of drug-likeness (QED) is 0.138. The Bertz CT molecular complexity index is 1110. The third kappa shape index (κ3) is 6.07. The minimum absolute atomic E-state index is 0.424. The van der Waals surface area contributed by atoms with Gasteiger partial charge < -0.3 is 40.3 Å². The maximum atomic E-state index is 12.0. The highest BCUT2D eigenvalue weighted by Gasteiger charge is 2.58. The molecule has 0 spiro atoms. The van der Waals surface area contributed by atoms with Crippen molar-refractivity contribution in [2.24, 2.45) is 0 Å². The second-order valence-corrected chi connectivity index (χ2v) is 10.5. The summed E-state index contributed by atoms with van der Waals surface area (Å²) in [5.41, 5.74) is 1.55. The Balaban J connectivity index is 2.27. The zero-order chi connectivity index (χ0) is 24.7. The third-order valence-corrected chi connectivity index (χ3v) is 7.76. The van der Waals surface area contributed by atoms with Gasteiger partial charge in [-0.2, -0.15) is 13.6 Å². The van der Waals surface area contributed by atoms with Crippen molar-refractivity contribution in [3.05, 3.63) is 16.8 Å². The Kier molecular flexibility index (Phi) is 7.52. The topological polar surface area (TPSA) is 283 Å². The summed E-state index contributed by atoms with van der Waals surface area (Å²) in [7, 11) is -17.0. The lowest BCUT2D eigenvalue weighted by atomic mass is 9.93. The lowest BCUT2D eigenvalue weighted by Gasteiger charge is -2.26. The number of hydrogen-bond donors (Lipinski definition) is 7. The number of nitrogens with zero attached hydrogens (tertiary/aromatic N) is 3. The molecule has 1 saturated heterocycles. The number of aromatic nitrogens is 3. The number of ether oxygens (including phenoxy) is 1. The molecule has 180 valence electrons. The van der Waals surface area contributed by atoms with Crippen LogP contribution in [0, 0.1) is 12.3 Å². The van der Waals surface area contributed by atoms with Crippen LogP contribution in [-0.4, -0.2) is 68.2 Å². The van der Waals surface area contributed by atoms with E-state index in [-0.39, 0.29) is 0 Å². The van der Waals surface area contributed by atoms with Gasteiger partial charge in [-0.05, 0) is 6.92 Å². The van der Waals surface area contributed by atoms with Gasteiger partial charge in [0.05, 0.1) is 6.10 Å². The Morgan fingerprint density at radius 3 is 2.38 bits per heavy atom. The minimum Gasteiger partial charge on any atom is -0.386 e. The number of nitrogens with two attached hydrogens (primary N) is 1. The van der Waals surface area contributed by atoms with E-state index < -0.39 is 65.2 Å². The van der Waals surface area contributed by atoms with E-state index in [1.807, 2.05) is 5.92 Å². The molecule has 2 rings (SSSR count). The molecule has 0 bridgehead atoms. The van der Waals surface area contributed by atoms with Crippen LogP contribution in [0.1, 0.15) is 13.2 Å². The predicted octanol–water partition coefficient (Wildman–Crippen LogP) is -2.43. The molecule has 0 aliphatic carbocycles. The zero-order valence-electron chi connectivity index (χ0n) is 15.7. The lowest BCUT2D eigenvalue weighted by molar-refractivity contribution is -0.0872. The molecule has 1 aromatic heterocycles. The number of nitrogen functional groups attached to an aromatic ring is 1. The summed E-state index contributed by atoms with van der Waals surface area (Å²) >= 11 is 0. The number of rotatable bonds is 8. The number of aliphatic hydroxyl groups excluding tert-OH is 1. The summed E-state index contributed by atoms with van der Waals surface area (Å²) in [6.45, 7) is 0.966. The normalized spacial score (nSPS) is 30.8. The van der Waals surface area contributed by atoms with Crippen LogP contribution >= 0.6 is 23.5 Å². The summed E-state index contributed by atoms with van der Waals surface area (Å²) < 4.78 is 51.6. The van der Waals surface area contributed by atoms with Gasteiger partial charge in [-0.15, -0.1) is 6.42 Å². The van der Waals surface area contributed by atoms with Gasteiger partial charge in [-0.1, -0.05) is 5.92 Å².